The lowest BCUT2D eigenvalue weighted by molar-refractivity contribution is 1.22. The van der Waals surface area contributed by atoms with Gasteiger partial charge in [-0.15, -0.1) is 0 Å². The van der Waals surface area contributed by atoms with Gasteiger partial charge in [-0.3, -0.25) is 0 Å². The normalized spacial score (nSPS) is 10.9. The first-order valence-corrected chi connectivity index (χ1v) is 8.11. The van der Waals surface area contributed by atoms with E-state index in [0.717, 1.165) is 33.5 Å². The average Bonchev–Trinajstić information content (AvgIpc) is 2.62. The standard InChI is InChI=1S/C22H18N2/c1-15-8-11-18(12-9-15)22-23-20-14-16(2)10-13-19(20)21(24-22)17-6-4-3-5-7-17/h3-14H,1-2H3. The summed E-state index contributed by atoms with van der Waals surface area (Å²) < 4.78 is 0. The number of rotatable bonds is 2. The van der Waals surface area contributed by atoms with Gasteiger partial charge in [-0.05, 0) is 25.5 Å². The summed E-state index contributed by atoms with van der Waals surface area (Å²) in [5.74, 6) is 0.770. The lowest BCUT2D eigenvalue weighted by Crippen LogP contribution is -1.95. The number of aromatic nitrogens is 2. The summed E-state index contributed by atoms with van der Waals surface area (Å²) in [6, 6.07) is 25.0. The fraction of sp³-hybridized carbons (Fsp3) is 0.0909. The second-order valence-corrected chi connectivity index (χ2v) is 6.15. The van der Waals surface area contributed by atoms with Gasteiger partial charge in [-0.25, -0.2) is 9.97 Å². The van der Waals surface area contributed by atoms with Crippen molar-refractivity contribution in [3.05, 3.63) is 83.9 Å². The van der Waals surface area contributed by atoms with E-state index in [-0.39, 0.29) is 0 Å². The average molecular weight is 310 g/mol. The van der Waals surface area contributed by atoms with Crippen molar-refractivity contribution in [3.8, 4) is 22.6 Å². The quantitative estimate of drug-likeness (QED) is 0.483. The Bertz CT molecular complexity index is 1000. The maximum atomic E-state index is 4.89. The van der Waals surface area contributed by atoms with Crippen molar-refractivity contribution in [3.63, 3.8) is 0 Å². The predicted octanol–water partition coefficient (Wildman–Crippen LogP) is 5.58. The Morgan fingerprint density at radius 1 is 0.625 bits per heavy atom. The molecule has 0 N–H and O–H groups in total. The van der Waals surface area contributed by atoms with E-state index in [9.17, 15) is 0 Å². The van der Waals surface area contributed by atoms with Gasteiger partial charge in [0.25, 0.3) is 0 Å². The molecule has 4 rings (SSSR count). The van der Waals surface area contributed by atoms with Gasteiger partial charge in [-0.1, -0.05) is 72.3 Å². The molecule has 0 spiro atoms. The molecule has 0 saturated carbocycles. The second kappa shape index (κ2) is 5.89. The van der Waals surface area contributed by atoms with Crippen LogP contribution < -0.4 is 0 Å². The highest BCUT2D eigenvalue weighted by Gasteiger charge is 2.11. The van der Waals surface area contributed by atoms with Crippen molar-refractivity contribution in [2.45, 2.75) is 13.8 Å². The Labute approximate surface area is 141 Å². The molecule has 2 heteroatoms. The van der Waals surface area contributed by atoms with Gasteiger partial charge >= 0.3 is 0 Å². The lowest BCUT2D eigenvalue weighted by atomic mass is 10.0. The number of hydrogen-bond donors (Lipinski definition) is 0. The van der Waals surface area contributed by atoms with Crippen LogP contribution in [-0.4, -0.2) is 9.97 Å². The van der Waals surface area contributed by atoms with Crippen LogP contribution in [0.2, 0.25) is 0 Å². The molecule has 24 heavy (non-hydrogen) atoms. The number of aryl methyl sites for hydroxylation is 2. The first kappa shape index (κ1) is 14.6. The van der Waals surface area contributed by atoms with Crippen molar-refractivity contribution in [1.29, 1.82) is 0 Å². The Morgan fingerprint density at radius 3 is 2.08 bits per heavy atom. The molecule has 0 saturated heterocycles. The smallest absolute Gasteiger partial charge is 0.160 e. The number of benzene rings is 3. The van der Waals surface area contributed by atoms with E-state index in [4.69, 9.17) is 9.97 Å². The number of hydrogen-bond acceptors (Lipinski definition) is 2. The SMILES string of the molecule is Cc1ccc(-c2nc(-c3ccccc3)c3ccc(C)cc3n2)cc1. The Kier molecular flexibility index (Phi) is 3.58. The zero-order valence-corrected chi connectivity index (χ0v) is 13.8. The minimum absolute atomic E-state index is 0.770. The van der Waals surface area contributed by atoms with Crippen LogP contribution in [-0.2, 0) is 0 Å². The molecule has 4 aromatic rings. The van der Waals surface area contributed by atoms with Gasteiger partial charge in [-0.2, -0.15) is 0 Å². The van der Waals surface area contributed by atoms with Gasteiger partial charge in [0, 0.05) is 16.5 Å². The Morgan fingerprint density at radius 2 is 1.33 bits per heavy atom. The van der Waals surface area contributed by atoms with Crippen LogP contribution in [0.3, 0.4) is 0 Å². The summed E-state index contributed by atoms with van der Waals surface area (Å²) in [7, 11) is 0. The summed E-state index contributed by atoms with van der Waals surface area (Å²) in [4.78, 5) is 9.70. The maximum absolute atomic E-state index is 4.89. The summed E-state index contributed by atoms with van der Waals surface area (Å²) in [6.45, 7) is 4.18. The van der Waals surface area contributed by atoms with Crippen molar-refractivity contribution < 1.29 is 0 Å². The molecular formula is C22H18N2. The Balaban J connectivity index is 2.01. The van der Waals surface area contributed by atoms with Gasteiger partial charge in [0.1, 0.15) is 0 Å². The molecule has 1 aromatic heterocycles. The molecule has 0 radical (unpaired) electrons. The third kappa shape index (κ3) is 2.67. The highest BCUT2D eigenvalue weighted by molar-refractivity contribution is 5.93. The molecule has 116 valence electrons. The predicted molar refractivity (Wildman–Crippen MR) is 99.9 cm³/mol. The van der Waals surface area contributed by atoms with E-state index in [2.05, 4.69) is 68.4 Å². The largest absolute Gasteiger partial charge is 0.228 e. The zero-order valence-electron chi connectivity index (χ0n) is 13.8. The molecule has 0 amide bonds. The lowest BCUT2D eigenvalue weighted by Gasteiger charge is -2.10. The van der Waals surface area contributed by atoms with E-state index in [0.29, 0.717) is 0 Å². The molecular weight excluding hydrogens is 292 g/mol. The zero-order chi connectivity index (χ0) is 16.5. The first-order chi connectivity index (χ1) is 11.7. The highest BCUT2D eigenvalue weighted by atomic mass is 14.9. The van der Waals surface area contributed by atoms with Crippen LogP contribution >= 0.6 is 0 Å². The van der Waals surface area contributed by atoms with E-state index in [1.165, 1.54) is 11.1 Å². The summed E-state index contributed by atoms with van der Waals surface area (Å²) in [6.07, 6.45) is 0. The van der Waals surface area contributed by atoms with Crippen molar-refractivity contribution in [2.75, 3.05) is 0 Å². The van der Waals surface area contributed by atoms with E-state index >= 15 is 0 Å². The molecule has 0 unspecified atom stereocenters. The van der Waals surface area contributed by atoms with Gasteiger partial charge in [0.05, 0.1) is 11.2 Å². The van der Waals surface area contributed by atoms with Crippen molar-refractivity contribution in [1.82, 2.24) is 9.97 Å². The summed E-state index contributed by atoms with van der Waals surface area (Å²) in [5, 5.41) is 1.09. The molecule has 0 fully saturated rings. The summed E-state index contributed by atoms with van der Waals surface area (Å²) >= 11 is 0. The van der Waals surface area contributed by atoms with Crippen LogP contribution in [0.1, 0.15) is 11.1 Å². The van der Waals surface area contributed by atoms with E-state index in [1.807, 2.05) is 18.2 Å². The minimum atomic E-state index is 0.770. The van der Waals surface area contributed by atoms with Crippen molar-refractivity contribution >= 4 is 10.9 Å². The second-order valence-electron chi connectivity index (χ2n) is 6.15. The number of nitrogens with zero attached hydrogens (tertiary/aromatic N) is 2. The molecule has 3 aromatic carbocycles. The monoisotopic (exact) mass is 310 g/mol. The van der Waals surface area contributed by atoms with Gasteiger partial charge < -0.3 is 0 Å². The number of fused-ring (bicyclic) bond motifs is 1. The highest BCUT2D eigenvalue weighted by Crippen LogP contribution is 2.29. The summed E-state index contributed by atoms with van der Waals surface area (Å²) in [5.41, 5.74) is 6.56. The van der Waals surface area contributed by atoms with Gasteiger partial charge in [0.15, 0.2) is 5.82 Å². The molecule has 1 heterocycles. The van der Waals surface area contributed by atoms with E-state index in [1.54, 1.807) is 0 Å². The first-order valence-electron chi connectivity index (χ1n) is 8.11. The molecule has 0 aliphatic rings. The molecule has 0 atom stereocenters. The molecule has 0 aliphatic heterocycles. The Hall–Kier alpha value is -3.00. The third-order valence-corrected chi connectivity index (χ3v) is 4.21. The minimum Gasteiger partial charge on any atom is -0.228 e. The topological polar surface area (TPSA) is 25.8 Å². The maximum Gasteiger partial charge on any atom is 0.160 e. The van der Waals surface area contributed by atoms with Crippen LogP contribution in [0.4, 0.5) is 0 Å². The van der Waals surface area contributed by atoms with E-state index < -0.39 is 0 Å². The fourth-order valence-electron chi connectivity index (χ4n) is 2.89. The van der Waals surface area contributed by atoms with Crippen LogP contribution in [0.15, 0.2) is 72.8 Å². The van der Waals surface area contributed by atoms with Crippen LogP contribution in [0.5, 0.6) is 0 Å². The third-order valence-electron chi connectivity index (χ3n) is 4.21. The fourth-order valence-corrected chi connectivity index (χ4v) is 2.89. The molecule has 0 bridgehead atoms. The van der Waals surface area contributed by atoms with Crippen molar-refractivity contribution in [2.24, 2.45) is 0 Å². The molecule has 2 nitrogen and oxygen atoms in total. The van der Waals surface area contributed by atoms with Gasteiger partial charge in [0.2, 0.25) is 0 Å². The van der Waals surface area contributed by atoms with Crippen LogP contribution in [0.25, 0.3) is 33.5 Å². The molecule has 0 aliphatic carbocycles. The van der Waals surface area contributed by atoms with Crippen LogP contribution in [0, 0.1) is 13.8 Å².